The summed E-state index contributed by atoms with van der Waals surface area (Å²) in [6.45, 7) is 4.46. The van der Waals surface area contributed by atoms with Crippen LogP contribution in [0.2, 0.25) is 5.02 Å². The second-order valence-electron chi connectivity index (χ2n) is 5.02. The molecule has 1 aliphatic heterocycles. The van der Waals surface area contributed by atoms with E-state index in [0.717, 1.165) is 12.1 Å². The van der Waals surface area contributed by atoms with Crippen LogP contribution in [0.25, 0.3) is 0 Å². The number of sulfonamides is 1. The number of halogens is 3. The molecule has 0 aromatic heterocycles. The van der Waals surface area contributed by atoms with E-state index in [9.17, 15) is 17.2 Å². The number of ether oxygens (including phenoxy) is 1. The van der Waals surface area contributed by atoms with Gasteiger partial charge in [0.25, 0.3) is 0 Å². The van der Waals surface area contributed by atoms with E-state index < -0.39 is 26.6 Å². The highest BCUT2D eigenvalue weighted by Crippen LogP contribution is 2.26. The van der Waals surface area contributed by atoms with Gasteiger partial charge in [0.05, 0.1) is 18.2 Å². The number of hydrogen-bond acceptors (Lipinski definition) is 4. The second kappa shape index (κ2) is 7.18. The van der Waals surface area contributed by atoms with Gasteiger partial charge in [0, 0.05) is 25.7 Å². The van der Waals surface area contributed by atoms with E-state index in [1.54, 1.807) is 0 Å². The van der Waals surface area contributed by atoms with Crippen molar-refractivity contribution in [2.75, 3.05) is 32.8 Å². The molecule has 0 spiro atoms. The first-order chi connectivity index (χ1) is 10.3. The van der Waals surface area contributed by atoms with Crippen LogP contribution in [0.5, 0.6) is 0 Å². The predicted molar refractivity (Wildman–Crippen MR) is 78.4 cm³/mol. The number of morpholine rings is 1. The summed E-state index contributed by atoms with van der Waals surface area (Å²) in [5, 5.41) is -0.356. The van der Waals surface area contributed by atoms with Crippen LogP contribution < -0.4 is 4.72 Å². The summed E-state index contributed by atoms with van der Waals surface area (Å²) >= 11 is 5.70. The Morgan fingerprint density at radius 3 is 2.64 bits per heavy atom. The number of hydrogen-bond donors (Lipinski definition) is 1. The molecule has 1 aromatic carbocycles. The van der Waals surface area contributed by atoms with Gasteiger partial charge in [0.2, 0.25) is 10.0 Å². The van der Waals surface area contributed by atoms with Gasteiger partial charge in [-0.15, -0.1) is 0 Å². The van der Waals surface area contributed by atoms with Crippen molar-refractivity contribution in [2.45, 2.75) is 17.9 Å². The van der Waals surface area contributed by atoms with Crippen LogP contribution in [0.4, 0.5) is 8.78 Å². The van der Waals surface area contributed by atoms with Crippen molar-refractivity contribution in [3.05, 3.63) is 28.8 Å². The molecule has 0 radical (unpaired) electrons. The predicted octanol–water partition coefficient (Wildman–Crippen LogP) is 1.62. The number of benzene rings is 1. The van der Waals surface area contributed by atoms with Gasteiger partial charge in [0.1, 0.15) is 4.90 Å². The third kappa shape index (κ3) is 3.94. The van der Waals surface area contributed by atoms with Crippen LogP contribution in [0, 0.1) is 11.6 Å². The zero-order valence-corrected chi connectivity index (χ0v) is 13.6. The Hall–Kier alpha value is -0.800. The smallest absolute Gasteiger partial charge is 0.245 e. The Morgan fingerprint density at radius 1 is 1.36 bits per heavy atom. The molecule has 5 nitrogen and oxygen atoms in total. The number of nitrogens with one attached hydrogen (secondary N) is 1. The molecule has 9 heteroatoms. The maximum absolute atomic E-state index is 13.7. The fourth-order valence-electron chi connectivity index (χ4n) is 2.20. The van der Waals surface area contributed by atoms with Crippen LogP contribution in [-0.2, 0) is 14.8 Å². The van der Waals surface area contributed by atoms with Crippen LogP contribution in [0.1, 0.15) is 6.92 Å². The van der Waals surface area contributed by atoms with Crippen LogP contribution in [0.15, 0.2) is 17.0 Å². The van der Waals surface area contributed by atoms with E-state index in [2.05, 4.69) is 9.62 Å². The fourth-order valence-corrected chi connectivity index (χ4v) is 3.92. The molecule has 124 valence electrons. The Bertz CT molecular complexity index is 636. The van der Waals surface area contributed by atoms with E-state index in [-0.39, 0.29) is 17.6 Å². The molecule has 1 fully saturated rings. The summed E-state index contributed by atoms with van der Waals surface area (Å²) in [7, 11) is -4.23. The highest BCUT2D eigenvalue weighted by Gasteiger charge is 2.27. The van der Waals surface area contributed by atoms with E-state index >= 15 is 0 Å². The average molecular weight is 355 g/mol. The summed E-state index contributed by atoms with van der Waals surface area (Å²) in [6.07, 6.45) is 0. The molecule has 22 heavy (non-hydrogen) atoms. The normalized spacial score (nSPS) is 18.4. The highest BCUT2D eigenvalue weighted by atomic mass is 35.5. The Kier molecular flexibility index (Phi) is 5.73. The van der Waals surface area contributed by atoms with Gasteiger partial charge in [-0.05, 0) is 19.1 Å². The SMILES string of the molecule is C[C@H](CNS(=O)(=O)c1c(Cl)ccc(F)c1F)N1CCOCC1. The van der Waals surface area contributed by atoms with E-state index in [1.807, 2.05) is 6.92 Å². The average Bonchev–Trinajstić information content (AvgIpc) is 2.50. The van der Waals surface area contributed by atoms with Crippen molar-refractivity contribution in [1.82, 2.24) is 9.62 Å². The topological polar surface area (TPSA) is 58.6 Å². The lowest BCUT2D eigenvalue weighted by atomic mass is 10.2. The first-order valence-electron chi connectivity index (χ1n) is 6.78. The van der Waals surface area contributed by atoms with Gasteiger partial charge in [-0.2, -0.15) is 0 Å². The molecule has 1 heterocycles. The van der Waals surface area contributed by atoms with Gasteiger partial charge < -0.3 is 4.74 Å². The lowest BCUT2D eigenvalue weighted by molar-refractivity contribution is 0.0213. The summed E-state index contributed by atoms with van der Waals surface area (Å²) < 4.78 is 58.8. The van der Waals surface area contributed by atoms with Crippen molar-refractivity contribution in [2.24, 2.45) is 0 Å². The molecular weight excluding hydrogens is 338 g/mol. The summed E-state index contributed by atoms with van der Waals surface area (Å²) in [5.41, 5.74) is 0. The quantitative estimate of drug-likeness (QED) is 0.816. The maximum atomic E-state index is 13.7. The molecule has 0 saturated carbocycles. The molecule has 1 aliphatic rings. The third-order valence-electron chi connectivity index (χ3n) is 3.51. The Labute approximate surface area is 133 Å². The minimum atomic E-state index is -4.23. The molecule has 1 saturated heterocycles. The molecule has 2 rings (SSSR count). The number of nitrogens with zero attached hydrogens (tertiary/aromatic N) is 1. The summed E-state index contributed by atoms with van der Waals surface area (Å²) in [6, 6.07) is 1.70. The van der Waals surface area contributed by atoms with Gasteiger partial charge in [-0.3, -0.25) is 4.90 Å². The molecule has 1 atom stereocenters. The van der Waals surface area contributed by atoms with E-state index in [1.165, 1.54) is 0 Å². The van der Waals surface area contributed by atoms with Gasteiger partial charge in [0.15, 0.2) is 11.6 Å². The first-order valence-corrected chi connectivity index (χ1v) is 8.64. The largest absolute Gasteiger partial charge is 0.379 e. The molecule has 0 bridgehead atoms. The summed E-state index contributed by atoms with van der Waals surface area (Å²) in [4.78, 5) is 1.19. The van der Waals surface area contributed by atoms with Gasteiger partial charge in [-0.25, -0.2) is 21.9 Å². The van der Waals surface area contributed by atoms with Gasteiger partial charge >= 0.3 is 0 Å². The molecular formula is C13H17ClF2N2O3S. The molecule has 0 unspecified atom stereocenters. The van der Waals surface area contributed by atoms with Gasteiger partial charge in [-0.1, -0.05) is 11.6 Å². The molecule has 1 aromatic rings. The standard InChI is InChI=1S/C13H17ClF2N2O3S/c1-9(18-4-6-21-7-5-18)8-17-22(19,20)13-10(14)2-3-11(15)12(13)16/h2-3,9,17H,4-8H2,1H3/t9-/m1/s1. The van der Waals surface area contributed by atoms with Crippen molar-refractivity contribution in [3.63, 3.8) is 0 Å². The second-order valence-corrected chi connectivity index (χ2v) is 7.13. The summed E-state index contributed by atoms with van der Waals surface area (Å²) in [5.74, 6) is -2.73. The van der Waals surface area contributed by atoms with E-state index in [0.29, 0.717) is 26.3 Å². The van der Waals surface area contributed by atoms with Crippen molar-refractivity contribution < 1.29 is 21.9 Å². The maximum Gasteiger partial charge on any atom is 0.245 e. The minimum absolute atomic E-state index is 0.0641. The highest BCUT2D eigenvalue weighted by molar-refractivity contribution is 7.89. The fraction of sp³-hybridized carbons (Fsp3) is 0.538. The lowest BCUT2D eigenvalue weighted by Crippen LogP contribution is -2.47. The molecule has 0 aliphatic carbocycles. The lowest BCUT2D eigenvalue weighted by Gasteiger charge is -2.32. The van der Waals surface area contributed by atoms with Crippen LogP contribution in [-0.4, -0.2) is 52.2 Å². The third-order valence-corrected chi connectivity index (χ3v) is 5.42. The Balaban J connectivity index is 2.10. The molecule has 0 amide bonds. The minimum Gasteiger partial charge on any atom is -0.379 e. The van der Waals surface area contributed by atoms with Crippen molar-refractivity contribution in [1.29, 1.82) is 0 Å². The van der Waals surface area contributed by atoms with Crippen molar-refractivity contribution in [3.8, 4) is 0 Å². The number of rotatable bonds is 5. The van der Waals surface area contributed by atoms with Crippen LogP contribution in [0.3, 0.4) is 0 Å². The monoisotopic (exact) mass is 354 g/mol. The zero-order valence-electron chi connectivity index (χ0n) is 12.0. The van der Waals surface area contributed by atoms with E-state index in [4.69, 9.17) is 16.3 Å². The zero-order chi connectivity index (χ0) is 16.3. The van der Waals surface area contributed by atoms with Crippen molar-refractivity contribution >= 4 is 21.6 Å². The molecule has 1 N–H and O–H groups in total. The first kappa shape index (κ1) is 17.6. The Morgan fingerprint density at radius 2 is 2.00 bits per heavy atom. The van der Waals surface area contributed by atoms with Crippen LogP contribution >= 0.6 is 11.6 Å².